The molecule has 0 aromatic carbocycles. The average Bonchev–Trinajstić information content (AvgIpc) is 2.27. The van der Waals surface area contributed by atoms with Crippen LogP contribution in [0.5, 0.6) is 0 Å². The first-order valence-corrected chi connectivity index (χ1v) is 7.30. The summed E-state index contributed by atoms with van der Waals surface area (Å²) >= 11 is 0. The number of nitrogens with one attached hydrogen (secondary N) is 1. The number of carbonyl (C=O) groups is 2. The van der Waals surface area contributed by atoms with Gasteiger partial charge in [0, 0.05) is 12.0 Å². The fourth-order valence-electron chi connectivity index (χ4n) is 2.32. The first-order chi connectivity index (χ1) is 8.78. The fraction of sp³-hybridized carbons (Fsp3) is 0.867. The van der Waals surface area contributed by atoms with E-state index in [4.69, 9.17) is 4.74 Å². The van der Waals surface area contributed by atoms with E-state index in [1.807, 2.05) is 20.8 Å². The van der Waals surface area contributed by atoms with Gasteiger partial charge in [-0.2, -0.15) is 0 Å². The molecule has 1 atom stereocenters. The highest BCUT2D eigenvalue weighted by molar-refractivity contribution is 5.83. The van der Waals surface area contributed by atoms with Crippen LogP contribution in [-0.2, 0) is 14.3 Å². The van der Waals surface area contributed by atoms with E-state index in [1.165, 1.54) is 19.3 Å². The Balaban J connectivity index is 2.33. The van der Waals surface area contributed by atoms with Crippen molar-refractivity contribution in [3.63, 3.8) is 0 Å². The summed E-state index contributed by atoms with van der Waals surface area (Å²) < 4.78 is 5.23. The van der Waals surface area contributed by atoms with Crippen LogP contribution in [0.4, 0.5) is 0 Å². The number of ether oxygens (including phenoxy) is 1. The van der Waals surface area contributed by atoms with Crippen LogP contribution >= 0.6 is 0 Å². The van der Waals surface area contributed by atoms with Crippen LogP contribution in [0, 0.1) is 5.92 Å². The first kappa shape index (κ1) is 16.0. The Labute approximate surface area is 116 Å². The normalized spacial score (nSPS) is 18.7. The maximum Gasteiger partial charge on any atom is 0.307 e. The second kappa shape index (κ2) is 6.92. The summed E-state index contributed by atoms with van der Waals surface area (Å²) in [4.78, 5) is 23.7. The molecule has 0 heterocycles. The lowest BCUT2D eigenvalue weighted by Crippen LogP contribution is -2.40. The summed E-state index contributed by atoms with van der Waals surface area (Å²) in [5.74, 6) is -0.659. The first-order valence-electron chi connectivity index (χ1n) is 7.30. The molecule has 0 aliphatic heterocycles. The van der Waals surface area contributed by atoms with Gasteiger partial charge in [0.1, 0.15) is 5.60 Å². The Morgan fingerprint density at radius 3 is 2.32 bits per heavy atom. The van der Waals surface area contributed by atoms with Gasteiger partial charge in [0.15, 0.2) is 0 Å². The molecule has 1 saturated carbocycles. The molecule has 4 nitrogen and oxygen atoms in total. The van der Waals surface area contributed by atoms with Gasteiger partial charge in [-0.15, -0.1) is 0 Å². The third-order valence-electron chi connectivity index (χ3n) is 3.29. The van der Waals surface area contributed by atoms with Gasteiger partial charge >= 0.3 is 5.97 Å². The Morgan fingerprint density at radius 2 is 1.79 bits per heavy atom. The summed E-state index contributed by atoms with van der Waals surface area (Å²) in [5.41, 5.74) is -0.489. The van der Waals surface area contributed by atoms with Gasteiger partial charge in [0.05, 0.1) is 6.42 Å². The molecule has 1 aliphatic carbocycles. The Morgan fingerprint density at radius 1 is 1.21 bits per heavy atom. The molecule has 1 rings (SSSR count). The van der Waals surface area contributed by atoms with E-state index in [0.29, 0.717) is 6.04 Å². The van der Waals surface area contributed by atoms with Crippen LogP contribution in [-0.4, -0.2) is 23.5 Å². The minimum Gasteiger partial charge on any atom is -0.460 e. The van der Waals surface area contributed by atoms with E-state index in [0.717, 1.165) is 12.8 Å². The highest BCUT2D eigenvalue weighted by Gasteiger charge is 2.24. The SMILES string of the molecule is C[C@@H](CC(=O)OC(C)(C)C)C(=O)NC1CCCCC1. The average molecular weight is 269 g/mol. The number of rotatable bonds is 4. The molecule has 0 spiro atoms. The quantitative estimate of drug-likeness (QED) is 0.798. The van der Waals surface area contributed by atoms with Gasteiger partial charge in [-0.3, -0.25) is 9.59 Å². The predicted molar refractivity (Wildman–Crippen MR) is 74.6 cm³/mol. The molecular formula is C15H27NO3. The van der Waals surface area contributed by atoms with Crippen molar-refractivity contribution in [2.75, 3.05) is 0 Å². The van der Waals surface area contributed by atoms with E-state index in [9.17, 15) is 9.59 Å². The van der Waals surface area contributed by atoms with Crippen molar-refractivity contribution in [1.82, 2.24) is 5.32 Å². The van der Waals surface area contributed by atoms with Crippen molar-refractivity contribution in [1.29, 1.82) is 0 Å². The third-order valence-corrected chi connectivity index (χ3v) is 3.29. The molecule has 110 valence electrons. The van der Waals surface area contributed by atoms with Crippen molar-refractivity contribution in [3.8, 4) is 0 Å². The summed E-state index contributed by atoms with van der Waals surface area (Å²) in [6, 6.07) is 0.294. The van der Waals surface area contributed by atoms with Gasteiger partial charge in [-0.05, 0) is 33.6 Å². The molecular weight excluding hydrogens is 242 g/mol. The van der Waals surface area contributed by atoms with Crippen molar-refractivity contribution < 1.29 is 14.3 Å². The highest BCUT2D eigenvalue weighted by Crippen LogP contribution is 2.18. The number of carbonyl (C=O) groups excluding carboxylic acids is 2. The molecule has 0 aromatic rings. The molecule has 1 N–H and O–H groups in total. The molecule has 0 aromatic heterocycles. The lowest BCUT2D eigenvalue weighted by molar-refractivity contribution is -0.157. The minimum atomic E-state index is -0.489. The van der Waals surface area contributed by atoms with Crippen molar-refractivity contribution in [2.45, 2.75) is 77.9 Å². The molecule has 0 saturated heterocycles. The lowest BCUT2D eigenvalue weighted by Gasteiger charge is -2.25. The largest absolute Gasteiger partial charge is 0.460 e. The molecule has 1 aliphatic rings. The number of hydrogen-bond donors (Lipinski definition) is 1. The topological polar surface area (TPSA) is 55.4 Å². The van der Waals surface area contributed by atoms with Crippen LogP contribution in [0.3, 0.4) is 0 Å². The zero-order valence-corrected chi connectivity index (χ0v) is 12.6. The van der Waals surface area contributed by atoms with E-state index in [2.05, 4.69) is 5.32 Å². The summed E-state index contributed by atoms with van der Waals surface area (Å²) in [6.45, 7) is 7.27. The number of hydrogen-bond acceptors (Lipinski definition) is 3. The minimum absolute atomic E-state index is 0.0299. The number of esters is 1. The predicted octanol–water partition coefficient (Wildman–Crippen LogP) is 2.80. The van der Waals surface area contributed by atoms with Crippen LogP contribution in [0.25, 0.3) is 0 Å². The molecule has 19 heavy (non-hydrogen) atoms. The smallest absolute Gasteiger partial charge is 0.307 e. The van der Waals surface area contributed by atoms with Crippen LogP contribution in [0.1, 0.15) is 66.2 Å². The summed E-state index contributed by atoms with van der Waals surface area (Å²) in [7, 11) is 0. The Bertz CT molecular complexity index is 314. The van der Waals surface area contributed by atoms with Gasteiger partial charge in [-0.1, -0.05) is 26.2 Å². The van der Waals surface area contributed by atoms with E-state index in [1.54, 1.807) is 6.92 Å². The van der Waals surface area contributed by atoms with Gasteiger partial charge in [-0.25, -0.2) is 0 Å². The maximum absolute atomic E-state index is 12.0. The van der Waals surface area contributed by atoms with Crippen LogP contribution in [0.15, 0.2) is 0 Å². The zero-order chi connectivity index (χ0) is 14.5. The van der Waals surface area contributed by atoms with Gasteiger partial charge in [0.25, 0.3) is 0 Å². The van der Waals surface area contributed by atoms with Crippen LogP contribution in [0.2, 0.25) is 0 Å². The highest BCUT2D eigenvalue weighted by atomic mass is 16.6. The fourth-order valence-corrected chi connectivity index (χ4v) is 2.32. The van der Waals surface area contributed by atoms with Crippen molar-refractivity contribution in [3.05, 3.63) is 0 Å². The molecule has 4 heteroatoms. The Kier molecular flexibility index (Phi) is 5.83. The van der Waals surface area contributed by atoms with Crippen molar-refractivity contribution >= 4 is 11.9 Å². The maximum atomic E-state index is 12.0. The van der Waals surface area contributed by atoms with Gasteiger partial charge < -0.3 is 10.1 Å². The molecule has 0 unspecified atom stereocenters. The summed E-state index contributed by atoms with van der Waals surface area (Å²) in [5, 5.41) is 3.04. The lowest BCUT2D eigenvalue weighted by atomic mass is 9.94. The van der Waals surface area contributed by atoms with E-state index in [-0.39, 0.29) is 24.2 Å². The molecule has 0 radical (unpaired) electrons. The second-order valence-electron chi connectivity index (χ2n) is 6.54. The zero-order valence-electron chi connectivity index (χ0n) is 12.6. The molecule has 0 bridgehead atoms. The molecule has 1 fully saturated rings. The Hall–Kier alpha value is -1.06. The van der Waals surface area contributed by atoms with Crippen LogP contribution < -0.4 is 5.32 Å². The van der Waals surface area contributed by atoms with E-state index < -0.39 is 5.60 Å². The second-order valence-corrected chi connectivity index (χ2v) is 6.54. The summed E-state index contributed by atoms with van der Waals surface area (Å²) in [6.07, 6.45) is 5.90. The standard InChI is InChI=1S/C15H27NO3/c1-11(10-13(17)19-15(2,3)4)14(18)16-12-8-6-5-7-9-12/h11-12H,5-10H2,1-4H3,(H,16,18)/t11-/m0/s1. The van der Waals surface area contributed by atoms with E-state index >= 15 is 0 Å². The molecule has 1 amide bonds. The number of amides is 1. The van der Waals surface area contributed by atoms with Gasteiger partial charge in [0.2, 0.25) is 5.91 Å². The van der Waals surface area contributed by atoms with Crippen molar-refractivity contribution in [2.24, 2.45) is 5.92 Å². The third kappa shape index (κ3) is 6.60. The monoisotopic (exact) mass is 269 g/mol.